The van der Waals surface area contributed by atoms with Crippen molar-refractivity contribution in [3.8, 4) is 0 Å². The first-order chi connectivity index (χ1) is 29.8. The third-order valence-electron chi connectivity index (χ3n) is 11.3. The quantitative estimate of drug-likeness (QED) is 0.0111. The molecule has 0 radical (unpaired) electrons. The van der Waals surface area contributed by atoms with Gasteiger partial charge < -0.3 is 39.9 Å². The highest BCUT2D eigenvalue weighted by atomic mass is 31.2. The SMILES string of the molecule is CCCCCCCCCCCCCCCCCCCC(=O)OC[C@H](COP(=O)(O)OC1[C@H](O)[C@H](O)C(O)[C@H](O)[C@H]1O)OC(=O)CCCCCCC/C=C\C=C\C(=O)CCCCC. The largest absolute Gasteiger partial charge is 0.472 e. The van der Waals surface area contributed by atoms with Gasteiger partial charge >= 0.3 is 19.8 Å². The zero-order valence-corrected chi connectivity index (χ0v) is 39.1. The monoisotopic (exact) mass is 905 g/mol. The number of hydrogen-bond acceptors (Lipinski definition) is 13. The van der Waals surface area contributed by atoms with Crippen LogP contribution in [0.4, 0.5) is 0 Å². The summed E-state index contributed by atoms with van der Waals surface area (Å²) in [6.45, 7) is 3.13. The second kappa shape index (κ2) is 37.2. The van der Waals surface area contributed by atoms with E-state index in [-0.39, 0.29) is 18.6 Å². The Morgan fingerprint density at radius 1 is 0.532 bits per heavy atom. The average Bonchev–Trinajstić information content (AvgIpc) is 3.25. The van der Waals surface area contributed by atoms with Gasteiger partial charge in [0.25, 0.3) is 0 Å². The maximum absolute atomic E-state index is 12.8. The van der Waals surface area contributed by atoms with Crippen LogP contribution >= 0.6 is 7.82 Å². The number of unbranched alkanes of at least 4 members (excludes halogenated alkanes) is 23. The fourth-order valence-electron chi connectivity index (χ4n) is 7.33. The summed E-state index contributed by atoms with van der Waals surface area (Å²) in [5.41, 5.74) is 0. The van der Waals surface area contributed by atoms with E-state index >= 15 is 0 Å². The maximum atomic E-state index is 12.8. The first kappa shape index (κ1) is 58.0. The minimum atomic E-state index is -5.14. The van der Waals surface area contributed by atoms with E-state index in [4.69, 9.17) is 18.5 Å². The predicted octanol–water partition coefficient (Wildman–Crippen LogP) is 8.80. The zero-order valence-electron chi connectivity index (χ0n) is 38.2. The number of ketones is 1. The van der Waals surface area contributed by atoms with Gasteiger partial charge in [-0.3, -0.25) is 23.4 Å². The Kier molecular flexibility index (Phi) is 34.9. The topological polar surface area (TPSA) is 227 Å². The van der Waals surface area contributed by atoms with Crippen molar-refractivity contribution in [2.24, 2.45) is 0 Å². The molecule has 362 valence electrons. The van der Waals surface area contributed by atoms with Gasteiger partial charge in [0.05, 0.1) is 6.61 Å². The van der Waals surface area contributed by atoms with Gasteiger partial charge in [-0.05, 0) is 38.2 Å². The molecular formula is C47H85O14P. The Labute approximate surface area is 372 Å². The molecule has 1 aliphatic carbocycles. The number of rotatable bonds is 40. The highest BCUT2D eigenvalue weighted by Crippen LogP contribution is 2.47. The molecule has 1 saturated carbocycles. The standard InChI is InChI=1S/C47H85O14P/c1-3-5-7-8-9-10-11-12-13-14-15-16-17-20-23-26-30-34-40(49)58-36-39(37-59-62(56,57)61-47-45(54)43(52)42(51)44(53)46(47)55)60-41(50)35-31-27-24-21-18-19-22-25-29-33-38(48)32-28-6-4-2/h22,25,29,33,39,42-47,51-55H,3-21,23-24,26-28,30-32,34-37H2,1-2H3,(H,56,57)/b25-22-,33-29+/t39-,42?,43-,44+,45-,46-,47?/m1/s1. The van der Waals surface area contributed by atoms with Gasteiger partial charge in [-0.2, -0.15) is 0 Å². The summed E-state index contributed by atoms with van der Waals surface area (Å²) in [5, 5.41) is 50.2. The van der Waals surface area contributed by atoms with Gasteiger partial charge in [0.1, 0.15) is 43.2 Å². The Morgan fingerprint density at radius 3 is 1.47 bits per heavy atom. The van der Waals surface area contributed by atoms with Gasteiger partial charge in [-0.25, -0.2) is 4.57 Å². The smallest absolute Gasteiger partial charge is 0.462 e. The van der Waals surface area contributed by atoms with Gasteiger partial charge in [-0.15, -0.1) is 0 Å². The van der Waals surface area contributed by atoms with Crippen LogP contribution < -0.4 is 0 Å². The molecule has 0 amide bonds. The number of carbonyl (C=O) groups excluding carboxylic acids is 3. The number of phosphoric acid groups is 1. The highest BCUT2D eigenvalue weighted by molar-refractivity contribution is 7.47. The van der Waals surface area contributed by atoms with E-state index in [2.05, 4.69) is 13.8 Å². The Morgan fingerprint density at radius 2 is 0.952 bits per heavy atom. The average molecular weight is 905 g/mol. The minimum absolute atomic E-state index is 0.0481. The summed E-state index contributed by atoms with van der Waals surface area (Å²) in [4.78, 5) is 47.5. The molecule has 0 aliphatic heterocycles. The number of phosphoric ester groups is 1. The van der Waals surface area contributed by atoms with Crippen molar-refractivity contribution in [1.82, 2.24) is 0 Å². The van der Waals surface area contributed by atoms with Crippen LogP contribution in [0.5, 0.6) is 0 Å². The van der Waals surface area contributed by atoms with Crippen LogP contribution in [0.15, 0.2) is 24.3 Å². The van der Waals surface area contributed by atoms with Crippen LogP contribution in [0.1, 0.15) is 200 Å². The fraction of sp³-hybridized carbons (Fsp3) is 0.851. The van der Waals surface area contributed by atoms with Crippen molar-refractivity contribution in [3.05, 3.63) is 24.3 Å². The molecule has 14 nitrogen and oxygen atoms in total. The van der Waals surface area contributed by atoms with E-state index in [1.165, 1.54) is 83.5 Å². The number of hydrogen-bond donors (Lipinski definition) is 6. The molecule has 15 heteroatoms. The molecule has 0 bridgehead atoms. The molecule has 3 unspecified atom stereocenters. The van der Waals surface area contributed by atoms with E-state index in [1.54, 1.807) is 12.2 Å². The number of aliphatic hydroxyl groups is 5. The first-order valence-electron chi connectivity index (χ1n) is 24.1. The van der Waals surface area contributed by atoms with E-state index < -0.39 is 75.7 Å². The lowest BCUT2D eigenvalue weighted by atomic mass is 9.85. The predicted molar refractivity (Wildman–Crippen MR) is 240 cm³/mol. The Balaban J connectivity index is 2.45. The fourth-order valence-corrected chi connectivity index (χ4v) is 8.30. The molecule has 0 spiro atoms. The summed E-state index contributed by atoms with van der Waals surface area (Å²) in [7, 11) is -5.14. The number of esters is 2. The molecule has 1 fully saturated rings. The molecule has 0 aromatic carbocycles. The highest BCUT2D eigenvalue weighted by Gasteiger charge is 2.51. The summed E-state index contributed by atoms with van der Waals surface area (Å²) < 4.78 is 33.5. The van der Waals surface area contributed by atoms with E-state index in [0.29, 0.717) is 19.3 Å². The van der Waals surface area contributed by atoms with Crippen molar-refractivity contribution in [2.45, 2.75) is 243 Å². The molecule has 0 heterocycles. The van der Waals surface area contributed by atoms with E-state index in [9.17, 15) is 49.4 Å². The van der Waals surface area contributed by atoms with Gasteiger partial charge in [0.2, 0.25) is 0 Å². The van der Waals surface area contributed by atoms with Crippen molar-refractivity contribution in [3.63, 3.8) is 0 Å². The molecule has 62 heavy (non-hydrogen) atoms. The van der Waals surface area contributed by atoms with Gasteiger partial charge in [0.15, 0.2) is 11.9 Å². The summed E-state index contributed by atoms with van der Waals surface area (Å²) in [6, 6.07) is 0. The van der Waals surface area contributed by atoms with Gasteiger partial charge in [0, 0.05) is 19.3 Å². The number of ether oxygens (including phenoxy) is 2. The van der Waals surface area contributed by atoms with Crippen molar-refractivity contribution < 1.29 is 67.9 Å². The van der Waals surface area contributed by atoms with E-state index in [0.717, 1.165) is 70.6 Å². The number of allylic oxidation sites excluding steroid dienone is 4. The molecule has 0 aromatic heterocycles. The number of carbonyl (C=O) groups is 3. The molecule has 0 aromatic rings. The van der Waals surface area contributed by atoms with Crippen molar-refractivity contribution >= 4 is 25.5 Å². The normalized spacial score (nSPS) is 21.9. The van der Waals surface area contributed by atoms with Crippen LogP contribution in [0, 0.1) is 0 Å². The lowest BCUT2D eigenvalue weighted by molar-refractivity contribution is -0.220. The Hall–Kier alpha value is -2.00. The molecule has 8 atom stereocenters. The lowest BCUT2D eigenvalue weighted by Gasteiger charge is -2.41. The van der Waals surface area contributed by atoms with Crippen LogP contribution in [0.25, 0.3) is 0 Å². The van der Waals surface area contributed by atoms with Crippen molar-refractivity contribution in [2.75, 3.05) is 13.2 Å². The molecule has 1 aliphatic rings. The Bertz CT molecular complexity index is 1250. The maximum Gasteiger partial charge on any atom is 0.472 e. The summed E-state index contributed by atoms with van der Waals surface area (Å²) in [5.74, 6) is -1.01. The molecular weight excluding hydrogens is 819 g/mol. The summed E-state index contributed by atoms with van der Waals surface area (Å²) in [6.07, 6.45) is 23.5. The molecule has 6 N–H and O–H groups in total. The summed E-state index contributed by atoms with van der Waals surface area (Å²) >= 11 is 0. The number of aliphatic hydroxyl groups excluding tert-OH is 5. The van der Waals surface area contributed by atoms with Gasteiger partial charge in [-0.1, -0.05) is 167 Å². The first-order valence-corrected chi connectivity index (χ1v) is 25.6. The van der Waals surface area contributed by atoms with Crippen molar-refractivity contribution in [1.29, 1.82) is 0 Å². The lowest BCUT2D eigenvalue weighted by Crippen LogP contribution is -2.64. The second-order valence-corrected chi connectivity index (χ2v) is 18.4. The van der Waals surface area contributed by atoms with Crippen LogP contribution in [0.2, 0.25) is 0 Å². The van der Waals surface area contributed by atoms with E-state index in [1.807, 2.05) is 12.2 Å². The molecule has 0 saturated heterocycles. The van der Waals surface area contributed by atoms with Crippen LogP contribution in [-0.2, 0) is 37.5 Å². The third-order valence-corrected chi connectivity index (χ3v) is 12.3. The zero-order chi connectivity index (χ0) is 45.9. The third kappa shape index (κ3) is 29.4. The van der Waals surface area contributed by atoms with Crippen LogP contribution in [0.3, 0.4) is 0 Å². The minimum Gasteiger partial charge on any atom is -0.462 e. The molecule has 1 rings (SSSR count). The second-order valence-electron chi connectivity index (χ2n) is 17.0. The van der Waals surface area contributed by atoms with Crippen LogP contribution in [-0.4, -0.2) is 104 Å².